The van der Waals surface area contributed by atoms with Crippen molar-refractivity contribution in [2.45, 2.75) is 214 Å². The first-order chi connectivity index (χ1) is 24.9. The number of carbonyl (C=O) groups excluding carboxylic acids is 3. The molecule has 0 aromatic heterocycles. The van der Waals surface area contributed by atoms with Crippen LogP contribution in [0.2, 0.25) is 0 Å². The molecule has 0 radical (unpaired) electrons. The fourth-order valence-corrected chi connectivity index (χ4v) is 9.29. The molecular formula is C47H89NO8. The van der Waals surface area contributed by atoms with Gasteiger partial charge in [-0.1, -0.05) is 138 Å². The summed E-state index contributed by atoms with van der Waals surface area (Å²) in [7, 11) is 0. The maximum atomic E-state index is 13.4. The van der Waals surface area contributed by atoms with Gasteiger partial charge in [-0.2, -0.15) is 0 Å². The van der Waals surface area contributed by atoms with Crippen LogP contribution in [-0.2, 0) is 28.6 Å². The second kappa shape index (κ2) is 18.7. The van der Waals surface area contributed by atoms with E-state index >= 15 is 0 Å². The molecule has 56 heavy (non-hydrogen) atoms. The molecule has 0 bridgehead atoms. The minimum absolute atomic E-state index is 0.0117. The molecule has 7 atom stereocenters. The zero-order valence-electron chi connectivity index (χ0n) is 40.1. The highest BCUT2D eigenvalue weighted by Crippen LogP contribution is 2.58. The quantitative estimate of drug-likeness (QED) is 0.117. The molecular weight excluding hydrogens is 707 g/mol. The van der Waals surface area contributed by atoms with E-state index in [4.69, 9.17) is 14.2 Å². The van der Waals surface area contributed by atoms with Gasteiger partial charge in [-0.3, -0.25) is 14.4 Å². The summed E-state index contributed by atoms with van der Waals surface area (Å²) >= 11 is 0. The third kappa shape index (κ3) is 13.1. The van der Waals surface area contributed by atoms with Gasteiger partial charge in [-0.25, -0.2) is 0 Å². The molecule has 330 valence electrons. The lowest BCUT2D eigenvalue weighted by molar-refractivity contribution is -0.215. The number of nitrogens with zero attached hydrogens (tertiary/aromatic N) is 1. The van der Waals surface area contributed by atoms with Crippen LogP contribution in [0.1, 0.15) is 184 Å². The van der Waals surface area contributed by atoms with Crippen LogP contribution in [0.15, 0.2) is 0 Å². The monoisotopic (exact) mass is 796 g/mol. The van der Waals surface area contributed by atoms with E-state index in [0.717, 1.165) is 25.8 Å². The molecule has 9 nitrogen and oxygen atoms in total. The first kappa shape index (κ1) is 52.3. The van der Waals surface area contributed by atoms with Gasteiger partial charge in [0, 0.05) is 31.3 Å². The average Bonchev–Trinajstić information content (AvgIpc) is 3.44. The van der Waals surface area contributed by atoms with Crippen molar-refractivity contribution in [3.63, 3.8) is 0 Å². The van der Waals surface area contributed by atoms with Crippen molar-refractivity contribution in [3.05, 3.63) is 0 Å². The van der Waals surface area contributed by atoms with Gasteiger partial charge in [0.15, 0.2) is 0 Å². The number of esters is 2. The molecule has 7 unspecified atom stereocenters. The SMILES string of the molecule is CCC(C)(CC(C)C(=O)OCC(O)COC(C(C)(C)C)C(C)(C)C(C)(C)C(O)C(C)(C)C(C)(C)C(CC(C)(C)C)OC(C)=O)C(CC(C)(C)C)N1CCCC1=O. The van der Waals surface area contributed by atoms with Gasteiger partial charge < -0.3 is 29.3 Å². The van der Waals surface area contributed by atoms with Crippen LogP contribution >= 0.6 is 0 Å². The average molecular weight is 796 g/mol. The van der Waals surface area contributed by atoms with Crippen LogP contribution in [0.5, 0.6) is 0 Å². The molecule has 1 rings (SSSR count). The highest BCUT2D eigenvalue weighted by atomic mass is 16.6. The van der Waals surface area contributed by atoms with Crippen LogP contribution < -0.4 is 0 Å². The van der Waals surface area contributed by atoms with E-state index in [2.05, 4.69) is 136 Å². The van der Waals surface area contributed by atoms with Crippen molar-refractivity contribution in [2.24, 2.45) is 49.2 Å². The number of aliphatic hydroxyl groups excluding tert-OH is 2. The van der Waals surface area contributed by atoms with Crippen molar-refractivity contribution in [1.82, 2.24) is 4.90 Å². The highest BCUT2D eigenvalue weighted by Gasteiger charge is 2.59. The maximum Gasteiger partial charge on any atom is 0.308 e. The molecule has 1 aliphatic heterocycles. The molecule has 1 fully saturated rings. The number of hydrogen-bond acceptors (Lipinski definition) is 8. The maximum absolute atomic E-state index is 13.4. The number of ether oxygens (including phenoxy) is 3. The molecule has 0 aromatic rings. The number of rotatable bonds is 20. The van der Waals surface area contributed by atoms with Crippen LogP contribution in [0.25, 0.3) is 0 Å². The van der Waals surface area contributed by atoms with Crippen molar-refractivity contribution >= 4 is 17.8 Å². The molecule has 0 aromatic carbocycles. The summed E-state index contributed by atoms with van der Waals surface area (Å²) in [5.41, 5.74) is -3.44. The van der Waals surface area contributed by atoms with Crippen LogP contribution in [0.3, 0.4) is 0 Å². The highest BCUT2D eigenvalue weighted by molar-refractivity contribution is 5.78. The molecule has 0 aliphatic carbocycles. The van der Waals surface area contributed by atoms with Gasteiger partial charge in [0.2, 0.25) is 5.91 Å². The Morgan fingerprint density at radius 1 is 0.732 bits per heavy atom. The third-order valence-electron chi connectivity index (χ3n) is 14.0. The molecule has 1 aliphatic rings. The Morgan fingerprint density at radius 3 is 1.64 bits per heavy atom. The summed E-state index contributed by atoms with van der Waals surface area (Å²) < 4.78 is 18.3. The largest absolute Gasteiger partial charge is 0.463 e. The summed E-state index contributed by atoms with van der Waals surface area (Å²) in [4.78, 5) is 40.7. The van der Waals surface area contributed by atoms with Gasteiger partial charge in [-0.15, -0.1) is 0 Å². The molecule has 1 saturated heterocycles. The number of hydrogen-bond donors (Lipinski definition) is 2. The Hall–Kier alpha value is -1.71. The Morgan fingerprint density at radius 2 is 1.23 bits per heavy atom. The fourth-order valence-electron chi connectivity index (χ4n) is 9.29. The second-order valence-corrected chi connectivity index (χ2v) is 23.6. The predicted octanol–water partition coefficient (Wildman–Crippen LogP) is 10.0. The number of aliphatic hydroxyl groups is 2. The summed E-state index contributed by atoms with van der Waals surface area (Å²) in [6.45, 7) is 44.0. The van der Waals surface area contributed by atoms with E-state index in [1.54, 1.807) is 0 Å². The molecule has 9 heteroatoms. The van der Waals surface area contributed by atoms with E-state index in [1.807, 2.05) is 6.92 Å². The van der Waals surface area contributed by atoms with Crippen molar-refractivity contribution in [3.8, 4) is 0 Å². The molecule has 2 N–H and O–H groups in total. The lowest BCUT2D eigenvalue weighted by Crippen LogP contribution is -2.61. The Kier molecular flexibility index (Phi) is 17.5. The summed E-state index contributed by atoms with van der Waals surface area (Å²) in [5.74, 6) is -0.931. The van der Waals surface area contributed by atoms with Gasteiger partial charge in [-0.05, 0) is 70.0 Å². The lowest BCUT2D eigenvalue weighted by Gasteiger charge is -2.59. The van der Waals surface area contributed by atoms with Gasteiger partial charge in [0.1, 0.15) is 18.8 Å². The van der Waals surface area contributed by atoms with Gasteiger partial charge in [0.25, 0.3) is 0 Å². The first-order valence-electron chi connectivity index (χ1n) is 21.5. The topological polar surface area (TPSA) is 123 Å². The smallest absolute Gasteiger partial charge is 0.308 e. The number of amides is 1. The Balaban J connectivity index is 3.20. The Bertz CT molecular complexity index is 1300. The van der Waals surface area contributed by atoms with Crippen LogP contribution in [0, 0.1) is 49.2 Å². The minimum Gasteiger partial charge on any atom is -0.463 e. The standard InChI is InChI=1S/C47H89NO8/c1-22-47(21,34(27-40(4,5)6)48-25-23-24-36(48)51)26-31(2)37(52)54-29-33(50)30-55-39(42(10,11)12)46(19,20)45(17,18)38(53)44(15,16)43(13,14)35(56-32(3)49)28-41(7,8)9/h31,33-35,38-39,50,53H,22-30H2,1-21H3. The normalized spacial score (nSPS) is 19.8. The van der Waals surface area contributed by atoms with E-state index in [1.165, 1.54) is 6.92 Å². The van der Waals surface area contributed by atoms with Crippen molar-refractivity contribution < 1.29 is 38.8 Å². The molecule has 1 amide bonds. The second-order valence-electron chi connectivity index (χ2n) is 23.6. The minimum atomic E-state index is -1.05. The lowest BCUT2D eigenvalue weighted by atomic mass is 9.49. The summed E-state index contributed by atoms with van der Waals surface area (Å²) in [6, 6.07) is 0.0210. The molecule has 0 spiro atoms. The molecule has 1 heterocycles. The summed E-state index contributed by atoms with van der Waals surface area (Å²) in [6.07, 6.45) is 1.59. The van der Waals surface area contributed by atoms with Crippen molar-refractivity contribution in [1.29, 1.82) is 0 Å². The first-order valence-corrected chi connectivity index (χ1v) is 21.5. The third-order valence-corrected chi connectivity index (χ3v) is 14.0. The van der Waals surface area contributed by atoms with E-state index in [-0.39, 0.29) is 58.8 Å². The van der Waals surface area contributed by atoms with E-state index in [0.29, 0.717) is 19.3 Å². The fraction of sp³-hybridized carbons (Fsp3) is 0.936. The van der Waals surface area contributed by atoms with Crippen LogP contribution in [-0.4, -0.2) is 83.2 Å². The van der Waals surface area contributed by atoms with Gasteiger partial charge in [0.05, 0.1) is 24.7 Å². The number of carbonyl (C=O) groups is 3. The zero-order chi connectivity index (χ0) is 44.3. The Labute approximate surface area is 344 Å². The zero-order valence-corrected chi connectivity index (χ0v) is 40.1. The van der Waals surface area contributed by atoms with Crippen molar-refractivity contribution in [2.75, 3.05) is 19.8 Å². The molecule has 0 saturated carbocycles. The van der Waals surface area contributed by atoms with E-state index < -0.39 is 52.0 Å². The predicted molar refractivity (Wildman–Crippen MR) is 228 cm³/mol. The van der Waals surface area contributed by atoms with Gasteiger partial charge >= 0.3 is 11.9 Å². The number of likely N-dealkylation sites (tertiary alicyclic amines) is 1. The van der Waals surface area contributed by atoms with Crippen LogP contribution in [0.4, 0.5) is 0 Å². The van der Waals surface area contributed by atoms with E-state index in [9.17, 15) is 24.6 Å². The summed E-state index contributed by atoms with van der Waals surface area (Å²) in [5, 5.41) is 23.7.